The molecule has 1 amide bonds. The summed E-state index contributed by atoms with van der Waals surface area (Å²) >= 11 is 0. The monoisotopic (exact) mass is 259 g/mol. The van der Waals surface area contributed by atoms with Crippen LogP contribution in [0.1, 0.15) is 33.6 Å². The molecule has 1 rings (SSSR count). The topological polar surface area (TPSA) is 58.6 Å². The highest BCUT2D eigenvalue weighted by atomic mass is 28.4. The molecule has 0 radical (unpaired) electrons. The number of hydrogen-bond acceptors (Lipinski definition) is 3. The summed E-state index contributed by atoms with van der Waals surface area (Å²) in [5.41, 5.74) is 0. The molecule has 1 fully saturated rings. The minimum Gasteiger partial charge on any atom is -0.415 e. The third-order valence-electron chi connectivity index (χ3n) is 3.91. The van der Waals surface area contributed by atoms with Crippen molar-refractivity contribution in [3.05, 3.63) is 0 Å². The molecule has 1 aliphatic heterocycles. The second kappa shape index (κ2) is 5.08. The molecule has 0 aromatic heterocycles. The minimum absolute atomic E-state index is 0.0131. The predicted molar refractivity (Wildman–Crippen MR) is 70.3 cm³/mol. The fourth-order valence-corrected chi connectivity index (χ4v) is 2.55. The van der Waals surface area contributed by atoms with Crippen molar-refractivity contribution < 1.29 is 14.3 Å². The Morgan fingerprint density at radius 3 is 2.59 bits per heavy atom. The number of hydrogen-bond donors (Lipinski definition) is 2. The Labute approximate surface area is 105 Å². The summed E-state index contributed by atoms with van der Waals surface area (Å²) < 4.78 is 6.02. The van der Waals surface area contributed by atoms with Gasteiger partial charge in [0.05, 0.1) is 18.8 Å². The molecule has 100 valence electrons. The van der Waals surface area contributed by atoms with Gasteiger partial charge in [-0.3, -0.25) is 4.79 Å². The SMILES string of the molecule is CC(C)(C)[Si](C)(C)OC[C@H]1NC(=O)CC[C@H]1O. The van der Waals surface area contributed by atoms with E-state index in [-0.39, 0.29) is 17.0 Å². The zero-order chi connectivity index (χ0) is 13.3. The van der Waals surface area contributed by atoms with Gasteiger partial charge in [0.25, 0.3) is 0 Å². The molecule has 0 bridgehead atoms. The van der Waals surface area contributed by atoms with Crippen LogP contribution in [0.25, 0.3) is 0 Å². The molecule has 2 atom stereocenters. The zero-order valence-electron chi connectivity index (χ0n) is 11.5. The molecule has 5 heteroatoms. The number of carbonyl (C=O) groups excluding carboxylic acids is 1. The Bertz CT molecular complexity index is 286. The summed E-state index contributed by atoms with van der Waals surface area (Å²) in [6, 6.07) is -0.245. The average molecular weight is 259 g/mol. The average Bonchev–Trinajstić information content (AvgIpc) is 2.18. The van der Waals surface area contributed by atoms with Crippen molar-refractivity contribution in [1.82, 2.24) is 5.32 Å². The summed E-state index contributed by atoms with van der Waals surface area (Å²) in [5, 5.41) is 12.8. The Morgan fingerprint density at radius 2 is 2.06 bits per heavy atom. The van der Waals surface area contributed by atoms with Gasteiger partial charge >= 0.3 is 0 Å². The van der Waals surface area contributed by atoms with Crippen LogP contribution in [-0.2, 0) is 9.22 Å². The maximum Gasteiger partial charge on any atom is 0.220 e. The lowest BCUT2D eigenvalue weighted by molar-refractivity contribution is -0.126. The highest BCUT2D eigenvalue weighted by Crippen LogP contribution is 2.36. The van der Waals surface area contributed by atoms with Crippen molar-refractivity contribution in [2.24, 2.45) is 0 Å². The molecule has 17 heavy (non-hydrogen) atoms. The first-order valence-corrected chi connectivity index (χ1v) is 9.16. The predicted octanol–water partition coefficient (Wildman–Crippen LogP) is 1.65. The summed E-state index contributed by atoms with van der Waals surface area (Å²) in [7, 11) is -1.80. The molecule has 0 saturated carbocycles. The van der Waals surface area contributed by atoms with E-state index in [0.717, 1.165) is 0 Å². The van der Waals surface area contributed by atoms with E-state index in [2.05, 4.69) is 39.2 Å². The fourth-order valence-electron chi connectivity index (χ4n) is 1.52. The van der Waals surface area contributed by atoms with Crippen LogP contribution in [0.15, 0.2) is 0 Å². The van der Waals surface area contributed by atoms with Gasteiger partial charge in [-0.25, -0.2) is 0 Å². The lowest BCUT2D eigenvalue weighted by Gasteiger charge is -2.38. The summed E-state index contributed by atoms with van der Waals surface area (Å²) in [6.07, 6.45) is 0.479. The lowest BCUT2D eigenvalue weighted by Crippen LogP contribution is -2.53. The first-order valence-electron chi connectivity index (χ1n) is 6.25. The highest BCUT2D eigenvalue weighted by molar-refractivity contribution is 6.74. The smallest absolute Gasteiger partial charge is 0.220 e. The number of piperidine rings is 1. The molecule has 4 nitrogen and oxygen atoms in total. The number of amides is 1. The van der Waals surface area contributed by atoms with Gasteiger partial charge in [0.15, 0.2) is 8.32 Å². The molecule has 2 N–H and O–H groups in total. The van der Waals surface area contributed by atoms with Crippen LogP contribution in [0, 0.1) is 0 Å². The largest absolute Gasteiger partial charge is 0.415 e. The van der Waals surface area contributed by atoms with Crippen LogP contribution in [-0.4, -0.2) is 38.1 Å². The van der Waals surface area contributed by atoms with Crippen molar-refractivity contribution in [3.63, 3.8) is 0 Å². The van der Waals surface area contributed by atoms with Gasteiger partial charge in [0, 0.05) is 6.42 Å². The Morgan fingerprint density at radius 1 is 1.47 bits per heavy atom. The van der Waals surface area contributed by atoms with E-state index < -0.39 is 14.4 Å². The lowest BCUT2D eigenvalue weighted by atomic mass is 10.0. The van der Waals surface area contributed by atoms with Crippen LogP contribution in [0.2, 0.25) is 18.1 Å². The van der Waals surface area contributed by atoms with E-state index in [0.29, 0.717) is 19.4 Å². The molecular formula is C12H25NO3Si. The van der Waals surface area contributed by atoms with Gasteiger partial charge in [-0.1, -0.05) is 20.8 Å². The number of nitrogens with one attached hydrogen (secondary N) is 1. The maximum absolute atomic E-state index is 11.3. The molecule has 1 aliphatic rings. The molecule has 0 aromatic carbocycles. The summed E-state index contributed by atoms with van der Waals surface area (Å²) in [5.74, 6) is 0.0131. The molecular weight excluding hydrogens is 234 g/mol. The van der Waals surface area contributed by atoms with Crippen molar-refractivity contribution >= 4 is 14.2 Å². The molecule has 0 aliphatic carbocycles. The van der Waals surface area contributed by atoms with Crippen LogP contribution in [0.4, 0.5) is 0 Å². The second-order valence-electron chi connectivity index (χ2n) is 6.35. The van der Waals surface area contributed by atoms with Gasteiger partial charge in [-0.05, 0) is 24.6 Å². The number of aliphatic hydroxyl groups is 1. The highest BCUT2D eigenvalue weighted by Gasteiger charge is 2.38. The molecule has 1 saturated heterocycles. The van der Waals surface area contributed by atoms with Crippen molar-refractivity contribution in [2.75, 3.05) is 6.61 Å². The van der Waals surface area contributed by atoms with Crippen LogP contribution in [0.3, 0.4) is 0 Å². The van der Waals surface area contributed by atoms with Crippen molar-refractivity contribution in [2.45, 2.75) is 63.9 Å². The molecule has 0 spiro atoms. The Balaban J connectivity index is 2.52. The van der Waals surface area contributed by atoms with Gasteiger partial charge in [-0.15, -0.1) is 0 Å². The summed E-state index contributed by atoms with van der Waals surface area (Å²) in [6.45, 7) is 11.3. The Hall–Kier alpha value is -0.393. The van der Waals surface area contributed by atoms with Gasteiger partial charge in [-0.2, -0.15) is 0 Å². The minimum atomic E-state index is -1.80. The third kappa shape index (κ3) is 3.79. The molecule has 1 heterocycles. The van der Waals surface area contributed by atoms with E-state index in [1.807, 2.05) is 0 Å². The van der Waals surface area contributed by atoms with Gasteiger partial charge in [0.2, 0.25) is 5.91 Å². The van der Waals surface area contributed by atoms with E-state index >= 15 is 0 Å². The second-order valence-corrected chi connectivity index (χ2v) is 11.2. The van der Waals surface area contributed by atoms with Crippen LogP contribution >= 0.6 is 0 Å². The number of carbonyl (C=O) groups is 1. The number of rotatable bonds is 3. The Kier molecular flexibility index (Phi) is 4.38. The van der Waals surface area contributed by atoms with E-state index in [1.54, 1.807) is 0 Å². The van der Waals surface area contributed by atoms with E-state index in [4.69, 9.17) is 4.43 Å². The number of aliphatic hydroxyl groups excluding tert-OH is 1. The van der Waals surface area contributed by atoms with Crippen molar-refractivity contribution in [3.8, 4) is 0 Å². The maximum atomic E-state index is 11.3. The van der Waals surface area contributed by atoms with Crippen LogP contribution in [0.5, 0.6) is 0 Å². The van der Waals surface area contributed by atoms with Gasteiger partial charge in [0.1, 0.15) is 0 Å². The third-order valence-corrected chi connectivity index (χ3v) is 8.41. The van der Waals surface area contributed by atoms with Crippen molar-refractivity contribution in [1.29, 1.82) is 0 Å². The fraction of sp³-hybridized carbons (Fsp3) is 0.917. The zero-order valence-corrected chi connectivity index (χ0v) is 12.5. The first-order chi connectivity index (χ1) is 7.63. The normalized spacial score (nSPS) is 26.8. The van der Waals surface area contributed by atoms with E-state index in [1.165, 1.54) is 0 Å². The molecule has 0 unspecified atom stereocenters. The first kappa shape index (κ1) is 14.7. The standard InChI is InChI=1S/C12H25NO3Si/c1-12(2,3)17(4,5)16-8-9-10(14)6-7-11(15)13-9/h9-10,14H,6-8H2,1-5H3,(H,13,15)/t9-,10-/m1/s1. The van der Waals surface area contributed by atoms with Crippen LogP contribution < -0.4 is 5.32 Å². The van der Waals surface area contributed by atoms with Gasteiger partial charge < -0.3 is 14.8 Å². The summed E-state index contributed by atoms with van der Waals surface area (Å²) in [4.78, 5) is 11.3. The molecule has 0 aromatic rings. The van der Waals surface area contributed by atoms with E-state index in [9.17, 15) is 9.90 Å². The quantitative estimate of drug-likeness (QED) is 0.758.